The average molecular weight is 418 g/mol. The Morgan fingerprint density at radius 2 is 1.93 bits per heavy atom. The predicted octanol–water partition coefficient (Wildman–Crippen LogP) is 2.69. The third-order valence-electron chi connectivity index (χ3n) is 4.42. The number of esters is 1. The molecule has 1 aromatic carbocycles. The van der Waals surface area contributed by atoms with Gasteiger partial charge >= 0.3 is 12.6 Å². The van der Waals surface area contributed by atoms with E-state index < -0.39 is 25.1 Å². The van der Waals surface area contributed by atoms with Crippen molar-refractivity contribution in [3.8, 4) is 5.75 Å². The van der Waals surface area contributed by atoms with E-state index in [9.17, 15) is 18.4 Å². The summed E-state index contributed by atoms with van der Waals surface area (Å²) in [5.74, 6) is -1.04. The molecule has 0 atom stereocenters. The molecule has 2 heterocycles. The van der Waals surface area contributed by atoms with Gasteiger partial charge in [-0.3, -0.25) is 9.48 Å². The summed E-state index contributed by atoms with van der Waals surface area (Å²) < 4.78 is 35.4. The van der Waals surface area contributed by atoms with Crippen LogP contribution in [-0.2, 0) is 23.1 Å². The first kappa shape index (κ1) is 21.2. The normalized spacial score (nSPS) is 11.0. The van der Waals surface area contributed by atoms with Crippen LogP contribution in [0.4, 0.5) is 8.78 Å². The SMILES string of the molecule is Cc1nn(C)c2ncc(C(=O)OCC(=O)N(C)Cc3ccc(OC(F)F)cc3)cc12. The first-order valence-electron chi connectivity index (χ1n) is 8.99. The maximum Gasteiger partial charge on any atom is 0.387 e. The van der Waals surface area contributed by atoms with E-state index in [1.54, 1.807) is 37.0 Å². The number of aromatic nitrogens is 3. The molecular formula is C20H20F2N4O4. The van der Waals surface area contributed by atoms with Crippen LogP contribution in [0.15, 0.2) is 36.5 Å². The highest BCUT2D eigenvalue weighted by Crippen LogP contribution is 2.18. The van der Waals surface area contributed by atoms with Gasteiger partial charge in [-0.05, 0) is 30.7 Å². The van der Waals surface area contributed by atoms with Crippen LogP contribution in [0.5, 0.6) is 5.75 Å². The number of halogens is 2. The summed E-state index contributed by atoms with van der Waals surface area (Å²) in [6, 6.07) is 7.56. The lowest BCUT2D eigenvalue weighted by Gasteiger charge is -2.17. The number of likely N-dealkylation sites (N-methyl/N-ethyl adjacent to an activating group) is 1. The van der Waals surface area contributed by atoms with E-state index >= 15 is 0 Å². The van der Waals surface area contributed by atoms with Gasteiger partial charge in [-0.25, -0.2) is 9.78 Å². The van der Waals surface area contributed by atoms with E-state index in [-0.39, 0.29) is 17.9 Å². The Bertz CT molecular complexity index is 1070. The van der Waals surface area contributed by atoms with E-state index in [4.69, 9.17) is 4.74 Å². The van der Waals surface area contributed by atoms with Gasteiger partial charge in [0.15, 0.2) is 12.3 Å². The molecule has 0 saturated heterocycles. The zero-order valence-electron chi connectivity index (χ0n) is 16.6. The van der Waals surface area contributed by atoms with Gasteiger partial charge < -0.3 is 14.4 Å². The molecule has 0 unspecified atom stereocenters. The summed E-state index contributed by atoms with van der Waals surface area (Å²) >= 11 is 0. The number of benzene rings is 1. The maximum absolute atomic E-state index is 12.3. The molecule has 30 heavy (non-hydrogen) atoms. The molecule has 0 spiro atoms. The fraction of sp³-hybridized carbons (Fsp3) is 0.300. The minimum Gasteiger partial charge on any atom is -0.452 e. The van der Waals surface area contributed by atoms with Crippen molar-refractivity contribution < 1.29 is 27.8 Å². The molecule has 0 aliphatic carbocycles. The predicted molar refractivity (Wildman–Crippen MR) is 103 cm³/mol. The molecule has 0 fully saturated rings. The van der Waals surface area contributed by atoms with Crippen LogP contribution in [0.1, 0.15) is 21.6 Å². The van der Waals surface area contributed by atoms with Crippen molar-refractivity contribution >= 4 is 22.9 Å². The van der Waals surface area contributed by atoms with Crippen LogP contribution in [0.25, 0.3) is 11.0 Å². The smallest absolute Gasteiger partial charge is 0.387 e. The van der Waals surface area contributed by atoms with Gasteiger partial charge in [0.2, 0.25) is 0 Å². The fourth-order valence-electron chi connectivity index (χ4n) is 2.88. The Morgan fingerprint density at radius 3 is 2.60 bits per heavy atom. The van der Waals surface area contributed by atoms with E-state index in [2.05, 4.69) is 14.8 Å². The second-order valence-electron chi connectivity index (χ2n) is 6.65. The average Bonchev–Trinajstić information content (AvgIpc) is 3.00. The van der Waals surface area contributed by atoms with Gasteiger partial charge in [0, 0.05) is 32.2 Å². The number of carbonyl (C=O) groups excluding carboxylic acids is 2. The lowest BCUT2D eigenvalue weighted by Crippen LogP contribution is -2.30. The summed E-state index contributed by atoms with van der Waals surface area (Å²) in [5.41, 5.74) is 2.31. The molecule has 0 aliphatic heterocycles. The van der Waals surface area contributed by atoms with Crippen molar-refractivity contribution in [2.45, 2.75) is 20.1 Å². The van der Waals surface area contributed by atoms with Crippen LogP contribution in [-0.4, -0.2) is 51.8 Å². The Morgan fingerprint density at radius 1 is 1.23 bits per heavy atom. The van der Waals surface area contributed by atoms with E-state index in [1.807, 2.05) is 6.92 Å². The van der Waals surface area contributed by atoms with Gasteiger partial charge in [-0.2, -0.15) is 13.9 Å². The molecule has 0 aliphatic rings. The molecular weight excluding hydrogens is 398 g/mol. The Kier molecular flexibility index (Phi) is 6.24. The third kappa shape index (κ3) is 4.88. The number of alkyl halides is 2. The minimum absolute atomic E-state index is 0.0334. The minimum atomic E-state index is -2.90. The molecule has 3 rings (SSSR count). The molecule has 10 heteroatoms. The standard InChI is InChI=1S/C20H20F2N4O4/c1-12-16-8-14(9-23-18(16)26(3)24-12)19(28)29-11-17(27)25(2)10-13-4-6-15(7-5-13)30-20(21)22/h4-9,20H,10-11H2,1-3H3. The molecule has 0 saturated carbocycles. The van der Waals surface area contributed by atoms with Crippen LogP contribution in [0.3, 0.4) is 0 Å². The summed E-state index contributed by atoms with van der Waals surface area (Å²) in [7, 11) is 3.31. The number of nitrogens with zero attached hydrogens (tertiary/aromatic N) is 4. The highest BCUT2D eigenvalue weighted by molar-refractivity contribution is 5.94. The highest BCUT2D eigenvalue weighted by Gasteiger charge is 2.16. The Labute approximate surface area is 171 Å². The molecule has 0 radical (unpaired) electrons. The highest BCUT2D eigenvalue weighted by atomic mass is 19.3. The Balaban J connectivity index is 1.55. The summed E-state index contributed by atoms with van der Waals surface area (Å²) in [6.07, 6.45) is 1.38. The van der Waals surface area contributed by atoms with Crippen molar-refractivity contribution in [3.05, 3.63) is 53.3 Å². The molecule has 3 aromatic rings. The van der Waals surface area contributed by atoms with Crippen molar-refractivity contribution in [1.29, 1.82) is 0 Å². The number of ether oxygens (including phenoxy) is 2. The van der Waals surface area contributed by atoms with Gasteiger partial charge in [0.25, 0.3) is 5.91 Å². The zero-order valence-corrected chi connectivity index (χ0v) is 16.6. The second kappa shape index (κ2) is 8.85. The molecule has 0 N–H and O–H groups in total. The molecule has 0 bridgehead atoms. The molecule has 158 valence electrons. The quantitative estimate of drug-likeness (QED) is 0.549. The van der Waals surface area contributed by atoms with E-state index in [0.717, 1.165) is 11.1 Å². The number of carbonyl (C=O) groups is 2. The van der Waals surface area contributed by atoms with Crippen LogP contribution in [0.2, 0.25) is 0 Å². The largest absolute Gasteiger partial charge is 0.452 e. The van der Waals surface area contributed by atoms with Gasteiger partial charge in [-0.15, -0.1) is 0 Å². The first-order chi connectivity index (χ1) is 14.2. The van der Waals surface area contributed by atoms with Crippen molar-refractivity contribution in [2.75, 3.05) is 13.7 Å². The number of hydrogen-bond acceptors (Lipinski definition) is 6. The maximum atomic E-state index is 12.3. The van der Waals surface area contributed by atoms with Gasteiger partial charge in [0.05, 0.1) is 11.3 Å². The number of fused-ring (bicyclic) bond motifs is 1. The lowest BCUT2D eigenvalue weighted by atomic mass is 10.2. The van der Waals surface area contributed by atoms with E-state index in [0.29, 0.717) is 11.2 Å². The Hall–Kier alpha value is -3.56. The molecule has 2 aromatic heterocycles. The zero-order chi connectivity index (χ0) is 21.8. The molecule has 8 nitrogen and oxygen atoms in total. The number of rotatable bonds is 7. The number of amides is 1. The first-order valence-corrected chi connectivity index (χ1v) is 8.99. The second-order valence-corrected chi connectivity index (χ2v) is 6.65. The number of hydrogen-bond donors (Lipinski definition) is 0. The van der Waals surface area contributed by atoms with Crippen LogP contribution < -0.4 is 4.74 Å². The van der Waals surface area contributed by atoms with Gasteiger partial charge in [0.1, 0.15) is 5.75 Å². The summed E-state index contributed by atoms with van der Waals surface area (Å²) in [5, 5.41) is 4.97. The summed E-state index contributed by atoms with van der Waals surface area (Å²) in [4.78, 5) is 30.1. The fourth-order valence-corrected chi connectivity index (χ4v) is 2.88. The van der Waals surface area contributed by atoms with Crippen LogP contribution in [0, 0.1) is 6.92 Å². The topological polar surface area (TPSA) is 86.6 Å². The third-order valence-corrected chi connectivity index (χ3v) is 4.42. The monoisotopic (exact) mass is 418 g/mol. The van der Waals surface area contributed by atoms with Crippen molar-refractivity contribution in [2.24, 2.45) is 7.05 Å². The number of aryl methyl sites for hydroxylation is 2. The number of pyridine rings is 1. The van der Waals surface area contributed by atoms with Crippen molar-refractivity contribution in [3.63, 3.8) is 0 Å². The van der Waals surface area contributed by atoms with E-state index in [1.165, 1.54) is 23.2 Å². The molecule has 1 amide bonds. The summed E-state index contributed by atoms with van der Waals surface area (Å²) in [6.45, 7) is -1.31. The van der Waals surface area contributed by atoms with Gasteiger partial charge in [-0.1, -0.05) is 12.1 Å². The van der Waals surface area contributed by atoms with Crippen LogP contribution >= 0.6 is 0 Å². The lowest BCUT2D eigenvalue weighted by molar-refractivity contribution is -0.133. The van der Waals surface area contributed by atoms with Crippen molar-refractivity contribution in [1.82, 2.24) is 19.7 Å².